The van der Waals surface area contributed by atoms with Crippen LogP contribution in [0.1, 0.15) is 25.0 Å². The molecule has 96 valence electrons. The smallest absolute Gasteiger partial charge is 0.155 e. The molecule has 0 saturated carbocycles. The molecule has 0 aliphatic heterocycles. The summed E-state index contributed by atoms with van der Waals surface area (Å²) in [6.07, 6.45) is 0.605. The molecule has 4 heteroatoms. The van der Waals surface area contributed by atoms with Gasteiger partial charge in [0.2, 0.25) is 0 Å². The summed E-state index contributed by atoms with van der Waals surface area (Å²) < 4.78 is 22.1. The van der Waals surface area contributed by atoms with Crippen molar-refractivity contribution >= 4 is 9.84 Å². The zero-order valence-corrected chi connectivity index (χ0v) is 11.6. The molecule has 1 aromatic carbocycles. The highest BCUT2D eigenvalue weighted by Gasteiger charge is 2.37. The highest BCUT2D eigenvalue weighted by Crippen LogP contribution is 2.23. The first kappa shape index (κ1) is 14.2. The fourth-order valence-corrected chi connectivity index (χ4v) is 2.13. The van der Waals surface area contributed by atoms with Crippen molar-refractivity contribution < 1.29 is 13.5 Å². The molecule has 0 amide bonds. The van der Waals surface area contributed by atoms with Crippen LogP contribution in [0.4, 0.5) is 0 Å². The van der Waals surface area contributed by atoms with Crippen molar-refractivity contribution in [1.82, 2.24) is 0 Å². The monoisotopic (exact) mass is 256 g/mol. The number of hydrogen-bond acceptors (Lipinski definition) is 3. The van der Waals surface area contributed by atoms with Crippen molar-refractivity contribution in [2.75, 3.05) is 6.26 Å². The summed E-state index contributed by atoms with van der Waals surface area (Å²) in [5.74, 6) is 0. The zero-order valence-electron chi connectivity index (χ0n) is 10.8. The Morgan fingerprint density at radius 2 is 1.94 bits per heavy atom. The average molecular weight is 256 g/mol. The molecule has 0 spiro atoms. The van der Waals surface area contributed by atoms with Gasteiger partial charge in [0, 0.05) is 6.26 Å². The minimum absolute atomic E-state index is 0.349. The van der Waals surface area contributed by atoms with E-state index in [1.54, 1.807) is 13.8 Å². The Hall–Kier alpha value is -0.870. The third kappa shape index (κ3) is 3.30. The molecular formula is C13H20O3S. The van der Waals surface area contributed by atoms with E-state index in [1.807, 2.05) is 31.2 Å². The van der Waals surface area contributed by atoms with Gasteiger partial charge >= 0.3 is 0 Å². The highest BCUT2D eigenvalue weighted by atomic mass is 32.2. The molecule has 0 fully saturated rings. The predicted octanol–water partition coefficient (Wildman–Crippen LogP) is 1.72. The number of benzene rings is 1. The first-order chi connectivity index (χ1) is 7.64. The van der Waals surface area contributed by atoms with Gasteiger partial charge in [0.1, 0.15) is 0 Å². The normalized spacial score (nSPS) is 14.6. The Kier molecular flexibility index (Phi) is 3.99. The lowest BCUT2D eigenvalue weighted by Gasteiger charge is -2.28. The van der Waals surface area contributed by atoms with Gasteiger partial charge in [0.15, 0.2) is 9.84 Å². The summed E-state index contributed by atoms with van der Waals surface area (Å²) in [6.45, 7) is 5.09. The second-order valence-corrected chi connectivity index (χ2v) is 7.68. The van der Waals surface area contributed by atoms with Gasteiger partial charge in [-0.1, -0.05) is 29.8 Å². The van der Waals surface area contributed by atoms with E-state index in [1.165, 1.54) is 0 Å². The Morgan fingerprint density at radius 1 is 1.35 bits per heavy atom. The van der Waals surface area contributed by atoms with Crippen molar-refractivity contribution in [3.63, 3.8) is 0 Å². The molecule has 3 nitrogen and oxygen atoms in total. The lowest BCUT2D eigenvalue weighted by molar-refractivity contribution is 0.138. The Morgan fingerprint density at radius 3 is 2.41 bits per heavy atom. The van der Waals surface area contributed by atoms with E-state index in [4.69, 9.17) is 0 Å². The van der Waals surface area contributed by atoms with Crippen molar-refractivity contribution in [3.8, 4) is 0 Å². The van der Waals surface area contributed by atoms with E-state index in [9.17, 15) is 13.5 Å². The van der Waals surface area contributed by atoms with Crippen molar-refractivity contribution in [2.45, 2.75) is 38.0 Å². The van der Waals surface area contributed by atoms with Gasteiger partial charge in [0.25, 0.3) is 0 Å². The van der Waals surface area contributed by atoms with E-state index in [0.717, 1.165) is 17.4 Å². The molecule has 1 N–H and O–H groups in total. The van der Waals surface area contributed by atoms with Crippen LogP contribution in [0.25, 0.3) is 0 Å². The van der Waals surface area contributed by atoms with Crippen molar-refractivity contribution in [3.05, 3.63) is 35.4 Å². The van der Waals surface area contributed by atoms with E-state index in [2.05, 4.69) is 0 Å². The molecule has 0 saturated heterocycles. The van der Waals surface area contributed by atoms with E-state index >= 15 is 0 Å². The molecule has 0 bridgehead atoms. The summed E-state index contributed by atoms with van der Waals surface area (Å²) in [7, 11) is -3.28. The number of aliphatic hydroxyl groups excluding tert-OH is 1. The third-order valence-electron chi connectivity index (χ3n) is 3.27. The van der Waals surface area contributed by atoms with Crippen LogP contribution in [0.3, 0.4) is 0 Å². The fraction of sp³-hybridized carbons (Fsp3) is 0.538. The van der Waals surface area contributed by atoms with Gasteiger partial charge in [-0.2, -0.15) is 0 Å². The summed E-state index contributed by atoms with van der Waals surface area (Å²) in [5.41, 5.74) is 2.06. The maximum absolute atomic E-state index is 11.6. The molecule has 0 aliphatic rings. The Balaban J connectivity index is 2.90. The number of rotatable bonds is 4. The number of sulfone groups is 1. The van der Waals surface area contributed by atoms with Gasteiger partial charge in [-0.3, -0.25) is 0 Å². The molecule has 0 aliphatic carbocycles. The Labute approximate surface area is 103 Å². The molecule has 0 aromatic heterocycles. The van der Waals surface area contributed by atoms with Crippen LogP contribution in [-0.4, -0.2) is 30.6 Å². The van der Waals surface area contributed by atoms with Gasteiger partial charge in [-0.15, -0.1) is 0 Å². The van der Waals surface area contributed by atoms with Gasteiger partial charge in [-0.05, 0) is 32.8 Å². The second kappa shape index (κ2) is 4.78. The van der Waals surface area contributed by atoms with Gasteiger partial charge in [-0.25, -0.2) is 8.42 Å². The quantitative estimate of drug-likeness (QED) is 0.892. The highest BCUT2D eigenvalue weighted by molar-refractivity contribution is 7.92. The van der Waals surface area contributed by atoms with Crippen LogP contribution in [0.5, 0.6) is 0 Å². The Bertz CT molecular complexity index is 489. The molecule has 0 heterocycles. The molecule has 0 radical (unpaired) electrons. The third-order valence-corrected chi connectivity index (χ3v) is 5.45. The summed E-state index contributed by atoms with van der Waals surface area (Å²) in [6, 6.07) is 7.73. The van der Waals surface area contributed by atoms with Gasteiger partial charge in [0.05, 0.1) is 10.9 Å². The SMILES string of the molecule is Cc1cccc(CC(O)C(C)(C)S(C)(=O)=O)c1. The van der Waals surface area contributed by atoms with Crippen LogP contribution in [0.15, 0.2) is 24.3 Å². The van der Waals surface area contributed by atoms with Gasteiger partial charge < -0.3 is 5.11 Å². The first-order valence-electron chi connectivity index (χ1n) is 5.58. The standard InChI is InChI=1S/C13H20O3S/c1-10-6-5-7-11(8-10)9-12(14)13(2,3)17(4,15)16/h5-8,12,14H,9H2,1-4H3. The first-order valence-corrected chi connectivity index (χ1v) is 7.47. The topological polar surface area (TPSA) is 54.4 Å². The van der Waals surface area contributed by atoms with Crippen LogP contribution in [-0.2, 0) is 16.3 Å². The van der Waals surface area contributed by atoms with Crippen molar-refractivity contribution in [1.29, 1.82) is 0 Å². The maximum atomic E-state index is 11.6. The molecule has 1 unspecified atom stereocenters. The van der Waals surface area contributed by atoms with E-state index in [-0.39, 0.29) is 0 Å². The van der Waals surface area contributed by atoms with Crippen molar-refractivity contribution in [2.24, 2.45) is 0 Å². The molecule has 1 aromatic rings. The molecule has 1 atom stereocenters. The lowest BCUT2D eigenvalue weighted by atomic mass is 9.97. The summed E-state index contributed by atoms with van der Waals surface area (Å²) >= 11 is 0. The molecule has 1 rings (SSSR count). The van der Waals surface area contributed by atoms with E-state index < -0.39 is 20.7 Å². The zero-order chi connectivity index (χ0) is 13.3. The molecule has 17 heavy (non-hydrogen) atoms. The van der Waals surface area contributed by atoms with Crippen LogP contribution in [0.2, 0.25) is 0 Å². The summed E-state index contributed by atoms with van der Waals surface area (Å²) in [4.78, 5) is 0. The fourth-order valence-electron chi connectivity index (χ4n) is 1.56. The largest absolute Gasteiger partial charge is 0.391 e. The number of aryl methyl sites for hydroxylation is 1. The van der Waals surface area contributed by atoms with E-state index in [0.29, 0.717) is 6.42 Å². The minimum atomic E-state index is -3.28. The number of hydrogen-bond donors (Lipinski definition) is 1. The average Bonchev–Trinajstić information content (AvgIpc) is 2.15. The van der Waals surface area contributed by atoms with Crippen LogP contribution >= 0.6 is 0 Å². The maximum Gasteiger partial charge on any atom is 0.155 e. The minimum Gasteiger partial charge on any atom is -0.391 e. The summed E-state index contributed by atoms with van der Waals surface area (Å²) in [5, 5.41) is 10.1. The van der Waals surface area contributed by atoms with Crippen LogP contribution < -0.4 is 0 Å². The lowest BCUT2D eigenvalue weighted by Crippen LogP contribution is -2.44. The second-order valence-electron chi connectivity index (χ2n) is 5.08. The number of aliphatic hydroxyl groups is 1. The van der Waals surface area contributed by atoms with Crippen LogP contribution in [0, 0.1) is 6.92 Å². The molecular weight excluding hydrogens is 236 g/mol. The predicted molar refractivity (Wildman–Crippen MR) is 69.8 cm³/mol.